The quantitative estimate of drug-likeness (QED) is 0.835. The van der Waals surface area contributed by atoms with E-state index in [1.54, 1.807) is 0 Å². The Hall–Kier alpha value is -2.08. The van der Waals surface area contributed by atoms with E-state index in [4.69, 9.17) is 10.5 Å². The maximum Gasteiger partial charge on any atom is 0.231 e. The van der Waals surface area contributed by atoms with Gasteiger partial charge in [0.1, 0.15) is 5.75 Å². The van der Waals surface area contributed by atoms with Crippen molar-refractivity contribution in [2.45, 2.75) is 25.7 Å². The van der Waals surface area contributed by atoms with E-state index in [0.717, 1.165) is 57.6 Å². The first-order chi connectivity index (χ1) is 12.6. The molecule has 2 aliphatic heterocycles. The van der Waals surface area contributed by atoms with Crippen LogP contribution in [-0.2, 0) is 9.59 Å². The Morgan fingerprint density at radius 1 is 1.08 bits per heavy atom. The molecule has 0 bridgehead atoms. The molecule has 0 aromatic heterocycles. The van der Waals surface area contributed by atoms with Gasteiger partial charge in [0.2, 0.25) is 11.8 Å². The Morgan fingerprint density at radius 3 is 2.50 bits per heavy atom. The van der Waals surface area contributed by atoms with E-state index in [9.17, 15) is 9.59 Å². The second kappa shape index (κ2) is 9.03. The summed E-state index contributed by atoms with van der Waals surface area (Å²) in [7, 11) is 0. The van der Waals surface area contributed by atoms with Gasteiger partial charge in [0.05, 0.1) is 13.2 Å². The van der Waals surface area contributed by atoms with Crippen molar-refractivity contribution in [3.05, 3.63) is 30.3 Å². The topological polar surface area (TPSA) is 75.9 Å². The van der Waals surface area contributed by atoms with Gasteiger partial charge in [-0.1, -0.05) is 18.2 Å². The van der Waals surface area contributed by atoms with Gasteiger partial charge < -0.3 is 15.4 Å². The average molecular weight is 359 g/mol. The number of piperidine rings is 2. The third kappa shape index (κ3) is 5.21. The molecule has 2 aliphatic rings. The minimum Gasteiger partial charge on any atom is -0.493 e. The van der Waals surface area contributed by atoms with E-state index in [0.29, 0.717) is 19.1 Å². The van der Waals surface area contributed by atoms with Crippen molar-refractivity contribution in [2.75, 3.05) is 39.3 Å². The fourth-order valence-corrected chi connectivity index (χ4v) is 3.95. The van der Waals surface area contributed by atoms with Gasteiger partial charge in [0.15, 0.2) is 0 Å². The van der Waals surface area contributed by atoms with Crippen LogP contribution in [0, 0.1) is 11.8 Å². The zero-order chi connectivity index (χ0) is 18.4. The van der Waals surface area contributed by atoms with Crippen LogP contribution in [-0.4, -0.2) is 60.9 Å². The number of rotatable bonds is 6. The number of primary amides is 1. The summed E-state index contributed by atoms with van der Waals surface area (Å²) in [5, 5.41) is 0. The molecule has 1 aromatic carbocycles. The summed E-state index contributed by atoms with van der Waals surface area (Å²) in [6.45, 7) is 4.13. The second-order valence-corrected chi connectivity index (χ2v) is 7.43. The van der Waals surface area contributed by atoms with Crippen LogP contribution in [0.25, 0.3) is 0 Å². The lowest BCUT2D eigenvalue weighted by molar-refractivity contribution is -0.139. The number of hydrogen-bond donors (Lipinski definition) is 1. The highest BCUT2D eigenvalue weighted by molar-refractivity contribution is 5.79. The molecular weight excluding hydrogens is 330 g/mol. The van der Waals surface area contributed by atoms with Crippen molar-refractivity contribution in [3.8, 4) is 5.75 Å². The molecule has 0 saturated carbocycles. The largest absolute Gasteiger partial charge is 0.493 e. The predicted octanol–water partition coefficient (Wildman–Crippen LogP) is 1.50. The van der Waals surface area contributed by atoms with Crippen molar-refractivity contribution in [3.63, 3.8) is 0 Å². The van der Waals surface area contributed by atoms with Gasteiger partial charge in [0.25, 0.3) is 0 Å². The standard InChI is InChI=1S/C20H29N3O3/c21-19(24)14-22-11-8-17(9-12-22)20(25)23-10-4-5-16(13-23)15-26-18-6-2-1-3-7-18/h1-3,6-7,16-17H,4-5,8-15H2,(H2,21,24). The fourth-order valence-electron chi connectivity index (χ4n) is 3.95. The third-order valence-corrected chi connectivity index (χ3v) is 5.38. The van der Waals surface area contributed by atoms with Crippen molar-refractivity contribution >= 4 is 11.8 Å². The molecule has 2 amide bonds. The number of likely N-dealkylation sites (tertiary alicyclic amines) is 2. The minimum absolute atomic E-state index is 0.0768. The number of nitrogens with zero attached hydrogens (tertiary/aromatic N) is 2. The monoisotopic (exact) mass is 359 g/mol. The van der Waals surface area contributed by atoms with Crippen molar-refractivity contribution in [1.82, 2.24) is 9.80 Å². The van der Waals surface area contributed by atoms with E-state index in [-0.39, 0.29) is 17.7 Å². The molecule has 6 heteroatoms. The van der Waals surface area contributed by atoms with Crippen LogP contribution in [0.3, 0.4) is 0 Å². The van der Waals surface area contributed by atoms with E-state index < -0.39 is 0 Å². The highest BCUT2D eigenvalue weighted by Crippen LogP contribution is 2.24. The van der Waals surface area contributed by atoms with Gasteiger partial charge in [-0.15, -0.1) is 0 Å². The molecule has 1 unspecified atom stereocenters. The first kappa shape index (κ1) is 18.7. The number of ether oxygens (including phenoxy) is 1. The number of hydrogen-bond acceptors (Lipinski definition) is 4. The lowest BCUT2D eigenvalue weighted by atomic mass is 9.92. The minimum atomic E-state index is -0.299. The third-order valence-electron chi connectivity index (χ3n) is 5.38. The first-order valence-corrected chi connectivity index (χ1v) is 9.59. The molecule has 0 radical (unpaired) electrons. The molecule has 1 atom stereocenters. The SMILES string of the molecule is NC(=O)CN1CCC(C(=O)N2CCCC(COc3ccccc3)C2)CC1. The molecule has 2 saturated heterocycles. The van der Waals surface area contributed by atoms with Crippen LogP contribution < -0.4 is 10.5 Å². The number of carbonyl (C=O) groups is 2. The molecule has 26 heavy (non-hydrogen) atoms. The van der Waals surface area contributed by atoms with Crippen LogP contribution in [0.4, 0.5) is 0 Å². The lowest BCUT2D eigenvalue weighted by Crippen LogP contribution is -2.48. The highest BCUT2D eigenvalue weighted by Gasteiger charge is 2.31. The Morgan fingerprint density at radius 2 is 1.81 bits per heavy atom. The summed E-state index contributed by atoms with van der Waals surface area (Å²) in [5.41, 5.74) is 5.25. The molecule has 0 aliphatic carbocycles. The molecule has 3 rings (SSSR count). The normalized spacial score (nSPS) is 22.2. The molecule has 1 aromatic rings. The molecule has 0 spiro atoms. The number of benzene rings is 1. The molecule has 2 fully saturated rings. The lowest BCUT2D eigenvalue weighted by Gasteiger charge is -2.37. The predicted molar refractivity (Wildman–Crippen MR) is 99.6 cm³/mol. The zero-order valence-corrected chi connectivity index (χ0v) is 15.3. The van der Waals surface area contributed by atoms with Crippen molar-refractivity contribution in [1.29, 1.82) is 0 Å². The second-order valence-electron chi connectivity index (χ2n) is 7.43. The average Bonchev–Trinajstić information content (AvgIpc) is 2.67. The molecular formula is C20H29N3O3. The maximum atomic E-state index is 12.9. The van der Waals surface area contributed by atoms with Gasteiger partial charge in [-0.3, -0.25) is 14.5 Å². The van der Waals surface area contributed by atoms with Crippen LogP contribution in [0.5, 0.6) is 5.75 Å². The van der Waals surface area contributed by atoms with Crippen LogP contribution in [0.15, 0.2) is 30.3 Å². The Labute approximate surface area is 155 Å². The van der Waals surface area contributed by atoms with E-state index in [1.165, 1.54) is 0 Å². The summed E-state index contributed by atoms with van der Waals surface area (Å²) in [5.74, 6) is 1.33. The Bertz CT molecular complexity index is 600. The van der Waals surface area contributed by atoms with Crippen molar-refractivity contribution in [2.24, 2.45) is 17.6 Å². The van der Waals surface area contributed by atoms with Crippen molar-refractivity contribution < 1.29 is 14.3 Å². The summed E-state index contributed by atoms with van der Waals surface area (Å²) >= 11 is 0. The van der Waals surface area contributed by atoms with E-state index in [1.807, 2.05) is 40.1 Å². The highest BCUT2D eigenvalue weighted by atomic mass is 16.5. The Kier molecular flexibility index (Phi) is 6.50. The van der Waals surface area contributed by atoms with Crippen LogP contribution in [0.1, 0.15) is 25.7 Å². The summed E-state index contributed by atoms with van der Waals surface area (Å²) in [6, 6.07) is 9.84. The van der Waals surface area contributed by atoms with E-state index >= 15 is 0 Å². The van der Waals surface area contributed by atoms with Gasteiger partial charge in [-0.2, -0.15) is 0 Å². The van der Waals surface area contributed by atoms with Crippen LogP contribution >= 0.6 is 0 Å². The van der Waals surface area contributed by atoms with Gasteiger partial charge in [0, 0.05) is 24.9 Å². The molecule has 2 heterocycles. The molecule has 6 nitrogen and oxygen atoms in total. The summed E-state index contributed by atoms with van der Waals surface area (Å²) in [4.78, 5) is 28.0. The number of nitrogens with two attached hydrogens (primary N) is 1. The smallest absolute Gasteiger partial charge is 0.231 e. The van der Waals surface area contributed by atoms with Gasteiger partial charge in [-0.05, 0) is 50.9 Å². The number of carbonyl (C=O) groups excluding carboxylic acids is 2. The summed E-state index contributed by atoms with van der Waals surface area (Å²) in [6.07, 6.45) is 3.77. The number of amides is 2. The molecule has 142 valence electrons. The Balaban J connectivity index is 1.45. The van der Waals surface area contributed by atoms with Gasteiger partial charge in [-0.25, -0.2) is 0 Å². The van der Waals surface area contributed by atoms with Gasteiger partial charge >= 0.3 is 0 Å². The summed E-state index contributed by atoms with van der Waals surface area (Å²) < 4.78 is 5.88. The van der Waals surface area contributed by atoms with E-state index in [2.05, 4.69) is 0 Å². The first-order valence-electron chi connectivity index (χ1n) is 9.59. The maximum absolute atomic E-state index is 12.9. The van der Waals surface area contributed by atoms with Crippen LogP contribution in [0.2, 0.25) is 0 Å². The zero-order valence-electron chi connectivity index (χ0n) is 15.3. The molecule has 2 N–H and O–H groups in total. The fraction of sp³-hybridized carbons (Fsp3) is 0.600. The number of para-hydroxylation sites is 1.